The van der Waals surface area contributed by atoms with Crippen LogP contribution in [0, 0.1) is 16.7 Å². The van der Waals surface area contributed by atoms with Crippen LogP contribution in [0.15, 0.2) is 27.8 Å². The van der Waals surface area contributed by atoms with Gasteiger partial charge in [0, 0.05) is 12.2 Å². The molecule has 0 fully saturated rings. The van der Waals surface area contributed by atoms with Gasteiger partial charge in [0.1, 0.15) is 11.6 Å². The topological polar surface area (TPSA) is 176 Å². The first kappa shape index (κ1) is 26.4. The SMILES string of the molecule is CCOP1(=O)N=C(c2c(O)c(C#N)nn(CCC(C)(C)C)c2=O)Nc2ccc(NS(C)(=O)=O)cc21. The number of sulfonamides is 1. The van der Waals surface area contributed by atoms with Crippen LogP contribution in [0.3, 0.4) is 0 Å². The number of nitriles is 1. The molecule has 2 aromatic rings. The summed E-state index contributed by atoms with van der Waals surface area (Å²) in [6.07, 6.45) is 1.54. The van der Waals surface area contributed by atoms with Gasteiger partial charge in [-0.25, -0.2) is 13.1 Å². The second kappa shape index (κ2) is 9.45. The Morgan fingerprint density at radius 3 is 2.60 bits per heavy atom. The third kappa shape index (κ3) is 5.90. The zero-order valence-corrected chi connectivity index (χ0v) is 21.7. The zero-order valence-electron chi connectivity index (χ0n) is 20.0. The number of rotatable bonds is 7. The Morgan fingerprint density at radius 1 is 1.34 bits per heavy atom. The highest BCUT2D eigenvalue weighted by molar-refractivity contribution is 7.92. The van der Waals surface area contributed by atoms with Gasteiger partial charge in [-0.05, 0) is 37.0 Å². The molecule has 0 bridgehead atoms. The second-order valence-corrected chi connectivity index (χ2v) is 12.9. The van der Waals surface area contributed by atoms with Crippen LogP contribution in [0.5, 0.6) is 5.75 Å². The molecule has 0 saturated heterocycles. The molecule has 0 amide bonds. The number of fused-ring (bicyclic) bond motifs is 1. The predicted molar refractivity (Wildman–Crippen MR) is 133 cm³/mol. The molecular formula is C21H27N6O6PS. The Bertz CT molecular complexity index is 1450. The zero-order chi connectivity index (χ0) is 26.2. The minimum Gasteiger partial charge on any atom is -0.504 e. The van der Waals surface area contributed by atoms with E-state index in [0.29, 0.717) is 6.42 Å². The first-order chi connectivity index (χ1) is 16.2. The number of aryl methyl sites for hydroxylation is 1. The Kier molecular flexibility index (Phi) is 7.13. The fourth-order valence-electron chi connectivity index (χ4n) is 3.32. The first-order valence-electron chi connectivity index (χ1n) is 10.7. The molecule has 1 aliphatic rings. The first-order valence-corrected chi connectivity index (χ1v) is 14.1. The van der Waals surface area contributed by atoms with Gasteiger partial charge in [0.25, 0.3) is 5.56 Å². The molecule has 3 rings (SSSR count). The summed E-state index contributed by atoms with van der Waals surface area (Å²) in [6.45, 7) is 7.74. The lowest BCUT2D eigenvalue weighted by molar-refractivity contribution is 0.334. The van der Waals surface area contributed by atoms with Gasteiger partial charge in [-0.15, -0.1) is 0 Å². The van der Waals surface area contributed by atoms with Gasteiger partial charge in [0.2, 0.25) is 15.7 Å². The van der Waals surface area contributed by atoms with Crippen molar-refractivity contribution < 1.29 is 22.6 Å². The fraction of sp³-hybridized carbons (Fsp3) is 0.429. The summed E-state index contributed by atoms with van der Waals surface area (Å²) in [5.74, 6) is -0.943. The molecule has 1 aliphatic heterocycles. The molecule has 2 heterocycles. The van der Waals surface area contributed by atoms with Gasteiger partial charge < -0.3 is 14.9 Å². The van der Waals surface area contributed by atoms with E-state index in [-0.39, 0.29) is 52.3 Å². The summed E-state index contributed by atoms with van der Waals surface area (Å²) >= 11 is 0. The maximum Gasteiger partial charge on any atom is 0.348 e. The molecule has 0 radical (unpaired) electrons. The number of nitrogens with one attached hydrogen (secondary N) is 2. The monoisotopic (exact) mass is 522 g/mol. The summed E-state index contributed by atoms with van der Waals surface area (Å²) in [4.78, 5) is 13.3. The van der Waals surface area contributed by atoms with E-state index in [4.69, 9.17) is 4.52 Å². The Hall–Kier alpha value is -3.20. The van der Waals surface area contributed by atoms with E-state index in [1.165, 1.54) is 18.2 Å². The van der Waals surface area contributed by atoms with Crippen molar-refractivity contribution in [2.75, 3.05) is 22.9 Å². The maximum atomic E-state index is 13.8. The quantitative estimate of drug-likeness (QED) is 0.461. The number of aromatic hydroxyl groups is 1. The molecule has 14 heteroatoms. The van der Waals surface area contributed by atoms with Crippen LogP contribution in [-0.4, -0.2) is 42.0 Å². The van der Waals surface area contributed by atoms with Crippen LogP contribution in [0.2, 0.25) is 0 Å². The van der Waals surface area contributed by atoms with E-state index in [1.807, 2.05) is 20.8 Å². The molecule has 1 aromatic heterocycles. The predicted octanol–water partition coefficient (Wildman–Crippen LogP) is 2.36. The Labute approximate surface area is 203 Å². The third-order valence-corrected chi connectivity index (χ3v) is 7.60. The number of nitrogens with zero attached hydrogens (tertiary/aromatic N) is 4. The van der Waals surface area contributed by atoms with Gasteiger partial charge in [-0.1, -0.05) is 20.8 Å². The molecule has 188 valence electrons. The van der Waals surface area contributed by atoms with Crippen LogP contribution in [0.25, 0.3) is 0 Å². The van der Waals surface area contributed by atoms with E-state index in [2.05, 4.69) is 19.9 Å². The highest BCUT2D eigenvalue weighted by atomic mass is 32.2. The number of benzene rings is 1. The van der Waals surface area contributed by atoms with Crippen molar-refractivity contribution in [3.63, 3.8) is 0 Å². The lowest BCUT2D eigenvalue weighted by atomic mass is 9.92. The van der Waals surface area contributed by atoms with E-state index >= 15 is 0 Å². The van der Waals surface area contributed by atoms with Crippen molar-refractivity contribution in [3.05, 3.63) is 39.8 Å². The molecule has 3 N–H and O–H groups in total. The van der Waals surface area contributed by atoms with Gasteiger partial charge in [-0.3, -0.25) is 14.1 Å². The lowest BCUT2D eigenvalue weighted by Crippen LogP contribution is -2.35. The summed E-state index contributed by atoms with van der Waals surface area (Å²) in [5, 5.41) is 27.0. The second-order valence-electron chi connectivity index (χ2n) is 9.14. The van der Waals surface area contributed by atoms with E-state index in [9.17, 15) is 28.1 Å². The smallest absolute Gasteiger partial charge is 0.348 e. The highest BCUT2D eigenvalue weighted by Gasteiger charge is 2.36. The van der Waals surface area contributed by atoms with E-state index in [0.717, 1.165) is 10.9 Å². The van der Waals surface area contributed by atoms with Crippen molar-refractivity contribution in [2.24, 2.45) is 10.2 Å². The van der Waals surface area contributed by atoms with Crippen LogP contribution >= 0.6 is 7.52 Å². The average Bonchev–Trinajstić information content (AvgIpc) is 2.72. The van der Waals surface area contributed by atoms with Gasteiger partial charge in [-0.2, -0.15) is 15.1 Å². The van der Waals surface area contributed by atoms with E-state index < -0.39 is 28.9 Å². The largest absolute Gasteiger partial charge is 0.504 e. The summed E-state index contributed by atoms with van der Waals surface area (Å²) < 4.78 is 50.0. The molecule has 1 aromatic carbocycles. The number of hydrogen-bond donors (Lipinski definition) is 3. The molecule has 0 spiro atoms. The standard InChI is InChI=1S/C21H27N6O6PS/c1-6-33-34(30)16-11-13(26-35(5,31)32)7-8-14(16)23-19(25-34)17-18(28)15(12-22)24-27(20(17)29)10-9-21(2,3)4/h7-8,11,26,28H,6,9-10H2,1-5H3,(H,23,25,30). The van der Waals surface area contributed by atoms with Crippen molar-refractivity contribution in [1.29, 1.82) is 5.26 Å². The van der Waals surface area contributed by atoms with Crippen molar-refractivity contribution in [2.45, 2.75) is 40.7 Å². The molecule has 1 atom stereocenters. The molecule has 12 nitrogen and oxygen atoms in total. The summed E-state index contributed by atoms with van der Waals surface area (Å²) in [6, 6.07) is 5.97. The minimum atomic E-state index is -4.01. The minimum absolute atomic E-state index is 0.00117. The van der Waals surface area contributed by atoms with Gasteiger partial charge >= 0.3 is 7.52 Å². The Balaban J connectivity index is 2.19. The number of hydrogen-bond acceptors (Lipinski definition) is 9. The average molecular weight is 523 g/mol. The molecule has 1 unspecified atom stereocenters. The summed E-state index contributed by atoms with van der Waals surface area (Å²) in [7, 11) is -7.61. The van der Waals surface area contributed by atoms with Crippen LogP contribution in [0.4, 0.5) is 11.4 Å². The highest BCUT2D eigenvalue weighted by Crippen LogP contribution is 2.52. The van der Waals surface area contributed by atoms with Crippen molar-refractivity contribution in [1.82, 2.24) is 9.78 Å². The third-order valence-electron chi connectivity index (χ3n) is 4.94. The maximum absolute atomic E-state index is 13.8. The van der Waals surface area contributed by atoms with Gasteiger partial charge in [0.05, 0.1) is 23.9 Å². The molecule has 0 aliphatic carbocycles. The lowest BCUT2D eigenvalue weighted by Gasteiger charge is -2.26. The molecule has 35 heavy (non-hydrogen) atoms. The summed E-state index contributed by atoms with van der Waals surface area (Å²) in [5.41, 5.74) is -1.22. The number of anilines is 2. The van der Waals surface area contributed by atoms with Crippen molar-refractivity contribution in [3.8, 4) is 11.8 Å². The van der Waals surface area contributed by atoms with Crippen LogP contribution < -0.4 is 20.9 Å². The van der Waals surface area contributed by atoms with Crippen molar-refractivity contribution >= 4 is 40.1 Å². The normalized spacial score (nSPS) is 17.7. The van der Waals surface area contributed by atoms with E-state index in [1.54, 1.807) is 13.0 Å². The van der Waals surface area contributed by atoms with Crippen LogP contribution in [0.1, 0.15) is 45.4 Å². The number of amidine groups is 1. The molecule has 0 saturated carbocycles. The van der Waals surface area contributed by atoms with Gasteiger partial charge in [0.15, 0.2) is 11.6 Å². The number of aromatic nitrogens is 2. The fourth-order valence-corrected chi connectivity index (χ4v) is 5.68. The Morgan fingerprint density at radius 2 is 2.03 bits per heavy atom. The van der Waals surface area contributed by atoms with Crippen LogP contribution in [-0.2, 0) is 25.7 Å². The molecular weight excluding hydrogens is 495 g/mol.